The van der Waals surface area contributed by atoms with Crippen LogP contribution < -0.4 is 5.32 Å². The molecule has 1 amide bonds. The molecule has 2 aliphatic carbocycles. The highest BCUT2D eigenvalue weighted by atomic mass is 32.1. The highest BCUT2D eigenvalue weighted by Crippen LogP contribution is 2.58. The van der Waals surface area contributed by atoms with Crippen LogP contribution in [0.5, 0.6) is 0 Å². The zero-order chi connectivity index (χ0) is 14.5. The van der Waals surface area contributed by atoms with Crippen LogP contribution in [0.1, 0.15) is 44.0 Å². The summed E-state index contributed by atoms with van der Waals surface area (Å²) in [7, 11) is 0. The van der Waals surface area contributed by atoms with E-state index in [4.69, 9.17) is 5.11 Å². The Hall–Kier alpha value is -1.50. The third-order valence-electron chi connectivity index (χ3n) is 4.50. The van der Waals surface area contributed by atoms with Crippen LogP contribution in [0.25, 0.3) is 0 Å². The van der Waals surface area contributed by atoms with Crippen molar-refractivity contribution in [2.75, 3.05) is 5.32 Å². The molecule has 2 atom stereocenters. The largest absolute Gasteiger partial charge is 0.481 e. The summed E-state index contributed by atoms with van der Waals surface area (Å²) in [5.41, 5.74) is -0.489. The molecule has 0 saturated heterocycles. The summed E-state index contributed by atoms with van der Waals surface area (Å²) >= 11 is 1.40. The normalized spacial score (nSPS) is 27.7. The Kier molecular flexibility index (Phi) is 3.04. The summed E-state index contributed by atoms with van der Waals surface area (Å²) in [5.74, 6) is -1.79. The van der Waals surface area contributed by atoms with E-state index in [1.807, 2.05) is 0 Å². The number of rotatable bonds is 4. The van der Waals surface area contributed by atoms with Gasteiger partial charge in [0.1, 0.15) is 5.01 Å². The molecule has 1 aromatic rings. The third-order valence-corrected chi connectivity index (χ3v) is 5.50. The molecule has 2 N–H and O–H groups in total. The van der Waals surface area contributed by atoms with Gasteiger partial charge in [0.05, 0.1) is 11.8 Å². The number of nitrogens with one attached hydrogen (secondary N) is 1. The van der Waals surface area contributed by atoms with E-state index in [2.05, 4.69) is 15.5 Å². The third kappa shape index (κ3) is 2.09. The van der Waals surface area contributed by atoms with Crippen LogP contribution in [0, 0.1) is 17.3 Å². The molecule has 0 radical (unpaired) electrons. The van der Waals surface area contributed by atoms with Gasteiger partial charge in [0.2, 0.25) is 11.0 Å². The van der Waals surface area contributed by atoms with Crippen molar-refractivity contribution in [2.24, 2.45) is 17.3 Å². The van der Waals surface area contributed by atoms with E-state index in [1.165, 1.54) is 17.8 Å². The van der Waals surface area contributed by atoms with Gasteiger partial charge < -0.3 is 10.4 Å². The Morgan fingerprint density at radius 1 is 1.30 bits per heavy atom. The van der Waals surface area contributed by atoms with Crippen molar-refractivity contribution in [3.8, 4) is 0 Å². The van der Waals surface area contributed by atoms with Crippen molar-refractivity contribution < 1.29 is 14.7 Å². The Bertz CT molecular complexity index is 565. The molecule has 2 fully saturated rings. The molecular weight excluding hydrogens is 278 g/mol. The van der Waals surface area contributed by atoms with Crippen LogP contribution in [0.3, 0.4) is 0 Å². The molecule has 108 valence electrons. The highest BCUT2D eigenvalue weighted by Gasteiger charge is 2.66. The summed E-state index contributed by atoms with van der Waals surface area (Å²) in [5, 5.41) is 21.3. The molecule has 1 heterocycles. The second-order valence-electron chi connectivity index (χ2n) is 6.18. The van der Waals surface area contributed by atoms with E-state index in [-0.39, 0.29) is 5.91 Å². The second kappa shape index (κ2) is 4.51. The van der Waals surface area contributed by atoms with Crippen molar-refractivity contribution >= 4 is 28.3 Å². The molecule has 2 aliphatic rings. The number of aromatic nitrogens is 2. The fourth-order valence-corrected chi connectivity index (χ4v) is 3.79. The number of aliphatic carboxylic acids is 1. The van der Waals surface area contributed by atoms with E-state index in [0.717, 1.165) is 17.8 Å². The lowest BCUT2D eigenvalue weighted by Crippen LogP contribution is -2.17. The lowest BCUT2D eigenvalue weighted by atomic mass is 9.86. The smallest absolute Gasteiger partial charge is 0.307 e. The number of carbonyl (C=O) groups is 2. The minimum atomic E-state index is -0.914. The Morgan fingerprint density at radius 3 is 2.50 bits per heavy atom. The molecule has 6 nitrogen and oxygen atoms in total. The van der Waals surface area contributed by atoms with Gasteiger partial charge in [0.15, 0.2) is 0 Å². The molecule has 3 rings (SSSR count). The average Bonchev–Trinajstić information content (AvgIpc) is 2.62. The van der Waals surface area contributed by atoms with Crippen molar-refractivity contribution in [1.82, 2.24) is 10.2 Å². The maximum absolute atomic E-state index is 12.1. The first-order chi connectivity index (χ1) is 9.41. The van der Waals surface area contributed by atoms with E-state index in [9.17, 15) is 9.59 Å². The molecule has 0 spiro atoms. The molecule has 0 bridgehead atoms. The van der Waals surface area contributed by atoms with Gasteiger partial charge in [-0.3, -0.25) is 9.59 Å². The molecule has 0 aromatic carbocycles. The number of hydrogen-bond donors (Lipinski definition) is 2. The first kappa shape index (κ1) is 13.5. The lowest BCUT2D eigenvalue weighted by Gasteiger charge is -2.21. The summed E-state index contributed by atoms with van der Waals surface area (Å²) in [6.45, 7) is 3.60. The summed E-state index contributed by atoms with van der Waals surface area (Å²) in [6, 6.07) is 0. The minimum absolute atomic E-state index is 0.265. The van der Waals surface area contributed by atoms with Gasteiger partial charge in [-0.15, -0.1) is 10.2 Å². The van der Waals surface area contributed by atoms with Crippen LogP contribution in [-0.2, 0) is 9.59 Å². The highest BCUT2D eigenvalue weighted by molar-refractivity contribution is 7.15. The van der Waals surface area contributed by atoms with Gasteiger partial charge in [0, 0.05) is 5.92 Å². The Balaban J connectivity index is 1.65. The predicted molar refractivity (Wildman–Crippen MR) is 73.5 cm³/mol. The standard InChI is InChI=1S/C13H17N3O3S/c1-13(2)7(8(13)11(18)19)9(17)14-12-16-15-10(20-12)6-4-3-5-6/h6-8H,3-5H2,1-2H3,(H,18,19)(H,14,16,17). The number of hydrogen-bond acceptors (Lipinski definition) is 5. The number of amides is 1. The topological polar surface area (TPSA) is 92.2 Å². The quantitative estimate of drug-likeness (QED) is 0.887. The van der Waals surface area contributed by atoms with Gasteiger partial charge in [-0.05, 0) is 18.3 Å². The fourth-order valence-electron chi connectivity index (χ4n) is 2.88. The maximum atomic E-state index is 12.1. The van der Waals surface area contributed by atoms with E-state index >= 15 is 0 Å². The molecule has 1 aromatic heterocycles. The Morgan fingerprint density at radius 2 is 2.00 bits per heavy atom. The molecular formula is C13H17N3O3S. The van der Waals surface area contributed by atoms with Gasteiger partial charge in [-0.25, -0.2) is 0 Å². The van der Waals surface area contributed by atoms with Crippen molar-refractivity contribution in [3.63, 3.8) is 0 Å². The zero-order valence-electron chi connectivity index (χ0n) is 11.4. The number of anilines is 1. The summed E-state index contributed by atoms with van der Waals surface area (Å²) < 4.78 is 0. The molecule has 0 aliphatic heterocycles. The van der Waals surface area contributed by atoms with Crippen LogP contribution in [-0.4, -0.2) is 27.2 Å². The van der Waals surface area contributed by atoms with Crippen LogP contribution in [0.2, 0.25) is 0 Å². The van der Waals surface area contributed by atoms with Crippen LogP contribution >= 0.6 is 11.3 Å². The van der Waals surface area contributed by atoms with Gasteiger partial charge in [-0.2, -0.15) is 0 Å². The van der Waals surface area contributed by atoms with Crippen molar-refractivity contribution in [2.45, 2.75) is 39.0 Å². The van der Waals surface area contributed by atoms with Gasteiger partial charge in [-0.1, -0.05) is 31.6 Å². The maximum Gasteiger partial charge on any atom is 0.307 e. The van der Waals surface area contributed by atoms with Crippen molar-refractivity contribution in [1.29, 1.82) is 0 Å². The lowest BCUT2D eigenvalue weighted by molar-refractivity contribution is -0.140. The summed E-state index contributed by atoms with van der Waals surface area (Å²) in [6.07, 6.45) is 3.50. The van der Waals surface area contributed by atoms with Crippen molar-refractivity contribution in [3.05, 3.63) is 5.01 Å². The fraction of sp³-hybridized carbons (Fsp3) is 0.692. The number of carbonyl (C=O) groups excluding carboxylic acids is 1. The second-order valence-corrected chi connectivity index (χ2v) is 7.19. The minimum Gasteiger partial charge on any atom is -0.481 e. The van der Waals surface area contributed by atoms with Gasteiger partial charge in [0.25, 0.3) is 0 Å². The Labute approximate surface area is 120 Å². The van der Waals surface area contributed by atoms with E-state index < -0.39 is 23.2 Å². The predicted octanol–water partition coefficient (Wildman–Crippen LogP) is 2.10. The monoisotopic (exact) mass is 295 g/mol. The van der Waals surface area contributed by atoms with E-state index in [0.29, 0.717) is 11.0 Å². The first-order valence-corrected chi connectivity index (χ1v) is 7.60. The zero-order valence-corrected chi connectivity index (χ0v) is 12.2. The SMILES string of the molecule is CC1(C)C(C(=O)O)C1C(=O)Nc1nnc(C2CCC2)s1. The molecule has 7 heteroatoms. The van der Waals surface area contributed by atoms with E-state index in [1.54, 1.807) is 13.8 Å². The molecule has 2 saturated carbocycles. The van der Waals surface area contributed by atoms with Gasteiger partial charge >= 0.3 is 5.97 Å². The van der Waals surface area contributed by atoms with Crippen LogP contribution in [0.4, 0.5) is 5.13 Å². The average molecular weight is 295 g/mol. The molecule has 2 unspecified atom stereocenters. The first-order valence-electron chi connectivity index (χ1n) is 6.78. The number of carboxylic acid groups (broad SMARTS) is 1. The van der Waals surface area contributed by atoms with Crippen LogP contribution in [0.15, 0.2) is 0 Å². The summed E-state index contributed by atoms with van der Waals surface area (Å²) in [4.78, 5) is 23.2. The molecule has 20 heavy (non-hydrogen) atoms. The number of nitrogens with zero attached hydrogens (tertiary/aromatic N) is 2. The number of carboxylic acids is 1.